The van der Waals surface area contributed by atoms with Crippen molar-refractivity contribution in [3.05, 3.63) is 42.0 Å². The summed E-state index contributed by atoms with van der Waals surface area (Å²) in [6.07, 6.45) is 4.39. The lowest BCUT2D eigenvalue weighted by atomic mass is 9.96. The number of hydrogen-bond donors (Lipinski definition) is 2. The number of rotatable bonds is 3. The molecule has 1 aromatic heterocycles. The Morgan fingerprint density at radius 3 is 3.00 bits per heavy atom. The summed E-state index contributed by atoms with van der Waals surface area (Å²) in [7, 11) is 1.86. The maximum atomic E-state index is 12.9. The molecule has 2 aromatic rings. The summed E-state index contributed by atoms with van der Waals surface area (Å²) in [6, 6.07) is 4.61. The van der Waals surface area contributed by atoms with Crippen molar-refractivity contribution in [2.75, 3.05) is 13.2 Å². The van der Waals surface area contributed by atoms with E-state index in [-0.39, 0.29) is 23.9 Å². The third kappa shape index (κ3) is 2.98. The van der Waals surface area contributed by atoms with Crippen molar-refractivity contribution in [1.29, 1.82) is 0 Å². The number of fused-ring (bicyclic) bond motifs is 1. The standard InChI is InChI=1S/C18H20N4O4/c1-22-8-7-19-17(22)15-12(5-6-14(23)21-15)20-18(24)11-3-2-4-13-16(11)26-10-9-25-13/h2-4,7-8,12,15H,5-6,9-10H2,1H3,(H,20,24)(H,21,23)/t12-,15-/m1/s1. The summed E-state index contributed by atoms with van der Waals surface area (Å²) < 4.78 is 13.0. The fourth-order valence-electron chi connectivity index (χ4n) is 3.37. The Bertz CT molecular complexity index is 847. The molecule has 0 spiro atoms. The molecule has 2 aliphatic heterocycles. The van der Waals surface area contributed by atoms with E-state index in [2.05, 4.69) is 15.6 Å². The van der Waals surface area contributed by atoms with E-state index in [0.29, 0.717) is 48.9 Å². The van der Waals surface area contributed by atoms with Crippen LogP contribution < -0.4 is 20.1 Å². The fraction of sp³-hybridized carbons (Fsp3) is 0.389. The molecule has 0 radical (unpaired) electrons. The van der Waals surface area contributed by atoms with Crippen molar-refractivity contribution in [3.63, 3.8) is 0 Å². The number of amides is 2. The highest BCUT2D eigenvalue weighted by Crippen LogP contribution is 2.34. The van der Waals surface area contributed by atoms with Gasteiger partial charge in [0.2, 0.25) is 5.91 Å². The number of aryl methyl sites for hydroxylation is 1. The number of nitrogens with zero attached hydrogens (tertiary/aromatic N) is 2. The molecule has 8 nitrogen and oxygen atoms in total. The molecule has 0 saturated carbocycles. The Morgan fingerprint density at radius 2 is 2.19 bits per heavy atom. The van der Waals surface area contributed by atoms with Gasteiger partial charge in [-0.25, -0.2) is 4.98 Å². The molecule has 0 unspecified atom stereocenters. The van der Waals surface area contributed by atoms with Crippen molar-refractivity contribution in [1.82, 2.24) is 20.2 Å². The minimum Gasteiger partial charge on any atom is -0.486 e. The van der Waals surface area contributed by atoms with Gasteiger partial charge in [-0.2, -0.15) is 0 Å². The molecule has 3 heterocycles. The number of hydrogen-bond acceptors (Lipinski definition) is 5. The van der Waals surface area contributed by atoms with E-state index in [4.69, 9.17) is 9.47 Å². The molecule has 1 saturated heterocycles. The van der Waals surface area contributed by atoms with Gasteiger partial charge in [0.1, 0.15) is 25.1 Å². The first kappa shape index (κ1) is 16.4. The zero-order valence-electron chi connectivity index (χ0n) is 14.4. The predicted molar refractivity (Wildman–Crippen MR) is 92.0 cm³/mol. The van der Waals surface area contributed by atoms with Gasteiger partial charge in [-0.05, 0) is 18.6 Å². The van der Waals surface area contributed by atoms with E-state index in [1.54, 1.807) is 24.4 Å². The van der Waals surface area contributed by atoms with Crippen LogP contribution in [0.4, 0.5) is 0 Å². The van der Waals surface area contributed by atoms with Gasteiger partial charge in [0.15, 0.2) is 11.5 Å². The first-order valence-electron chi connectivity index (χ1n) is 8.59. The molecular formula is C18H20N4O4. The summed E-state index contributed by atoms with van der Waals surface area (Å²) in [5, 5.41) is 5.96. The Labute approximate surface area is 150 Å². The first-order valence-corrected chi connectivity index (χ1v) is 8.59. The third-order valence-corrected chi connectivity index (χ3v) is 4.67. The van der Waals surface area contributed by atoms with E-state index >= 15 is 0 Å². The van der Waals surface area contributed by atoms with E-state index in [1.165, 1.54) is 0 Å². The van der Waals surface area contributed by atoms with Gasteiger partial charge in [0, 0.05) is 25.9 Å². The number of carbonyl (C=O) groups is 2. The van der Waals surface area contributed by atoms with Crippen molar-refractivity contribution >= 4 is 11.8 Å². The molecule has 2 atom stereocenters. The van der Waals surface area contributed by atoms with Crippen molar-refractivity contribution in [2.45, 2.75) is 24.9 Å². The average Bonchev–Trinajstić information content (AvgIpc) is 3.08. The number of piperidine rings is 1. The van der Waals surface area contributed by atoms with Gasteiger partial charge in [0.25, 0.3) is 5.91 Å². The summed E-state index contributed by atoms with van der Waals surface area (Å²) >= 11 is 0. The number of para-hydroxylation sites is 1. The van der Waals surface area contributed by atoms with Crippen LogP contribution in [0.5, 0.6) is 11.5 Å². The first-order chi connectivity index (χ1) is 12.6. The molecule has 0 bridgehead atoms. The SMILES string of the molecule is Cn1ccnc1[C@@H]1NC(=O)CC[C@H]1NC(=O)c1cccc2c1OCCO2. The molecule has 1 fully saturated rings. The Kier molecular flexibility index (Phi) is 4.24. The van der Waals surface area contributed by atoms with Crippen LogP contribution in [-0.4, -0.2) is 40.6 Å². The third-order valence-electron chi connectivity index (χ3n) is 4.67. The molecule has 1 aromatic carbocycles. The van der Waals surface area contributed by atoms with Gasteiger partial charge in [-0.15, -0.1) is 0 Å². The largest absolute Gasteiger partial charge is 0.486 e. The Balaban J connectivity index is 1.58. The van der Waals surface area contributed by atoms with Crippen molar-refractivity contribution in [3.8, 4) is 11.5 Å². The number of ether oxygens (including phenoxy) is 2. The highest BCUT2D eigenvalue weighted by molar-refractivity contribution is 5.98. The van der Waals surface area contributed by atoms with Crippen LogP contribution in [-0.2, 0) is 11.8 Å². The highest BCUT2D eigenvalue weighted by atomic mass is 16.6. The molecule has 2 amide bonds. The Morgan fingerprint density at radius 1 is 1.35 bits per heavy atom. The molecule has 136 valence electrons. The zero-order chi connectivity index (χ0) is 18.1. The van der Waals surface area contributed by atoms with Crippen LogP contribution in [0, 0.1) is 0 Å². The average molecular weight is 356 g/mol. The van der Waals surface area contributed by atoms with E-state index < -0.39 is 0 Å². The van der Waals surface area contributed by atoms with Crippen LogP contribution in [0.1, 0.15) is 35.1 Å². The van der Waals surface area contributed by atoms with E-state index in [9.17, 15) is 9.59 Å². The lowest BCUT2D eigenvalue weighted by molar-refractivity contribution is -0.124. The normalized spacial score (nSPS) is 21.8. The van der Waals surface area contributed by atoms with E-state index in [1.807, 2.05) is 17.8 Å². The Hall–Kier alpha value is -3.03. The maximum Gasteiger partial charge on any atom is 0.255 e. The summed E-state index contributed by atoms with van der Waals surface area (Å²) in [5.41, 5.74) is 0.428. The molecule has 2 N–H and O–H groups in total. The quantitative estimate of drug-likeness (QED) is 0.854. The molecule has 4 rings (SSSR count). The number of nitrogens with one attached hydrogen (secondary N) is 2. The number of benzene rings is 1. The van der Waals surface area contributed by atoms with Crippen LogP contribution in [0.2, 0.25) is 0 Å². The van der Waals surface area contributed by atoms with Gasteiger partial charge in [-0.1, -0.05) is 6.07 Å². The van der Waals surface area contributed by atoms with Crippen LogP contribution in [0.3, 0.4) is 0 Å². The van der Waals surface area contributed by atoms with Gasteiger partial charge in [0.05, 0.1) is 11.6 Å². The predicted octanol–water partition coefficient (Wildman–Crippen LogP) is 0.941. The highest BCUT2D eigenvalue weighted by Gasteiger charge is 2.34. The topological polar surface area (TPSA) is 94.5 Å². The molecule has 0 aliphatic carbocycles. The van der Waals surface area contributed by atoms with Crippen molar-refractivity contribution in [2.24, 2.45) is 7.05 Å². The fourth-order valence-corrected chi connectivity index (χ4v) is 3.37. The van der Waals surface area contributed by atoms with Gasteiger partial charge in [-0.3, -0.25) is 9.59 Å². The molecule has 26 heavy (non-hydrogen) atoms. The second-order valence-corrected chi connectivity index (χ2v) is 6.39. The van der Waals surface area contributed by atoms with Crippen LogP contribution >= 0.6 is 0 Å². The minimum absolute atomic E-state index is 0.0441. The van der Waals surface area contributed by atoms with Crippen LogP contribution in [0.15, 0.2) is 30.6 Å². The van der Waals surface area contributed by atoms with E-state index in [0.717, 1.165) is 0 Å². The number of carbonyl (C=O) groups excluding carboxylic acids is 2. The second kappa shape index (κ2) is 6.70. The molecule has 2 aliphatic rings. The summed E-state index contributed by atoms with van der Waals surface area (Å²) in [5.74, 6) is 1.44. The minimum atomic E-state index is -0.378. The lowest BCUT2D eigenvalue weighted by Crippen LogP contribution is -2.51. The monoisotopic (exact) mass is 356 g/mol. The smallest absolute Gasteiger partial charge is 0.255 e. The number of aromatic nitrogens is 2. The lowest BCUT2D eigenvalue weighted by Gasteiger charge is -2.32. The molecular weight excluding hydrogens is 336 g/mol. The molecule has 8 heteroatoms. The van der Waals surface area contributed by atoms with Crippen molar-refractivity contribution < 1.29 is 19.1 Å². The summed E-state index contributed by atoms with van der Waals surface area (Å²) in [4.78, 5) is 29.1. The summed E-state index contributed by atoms with van der Waals surface area (Å²) in [6.45, 7) is 0.876. The second-order valence-electron chi connectivity index (χ2n) is 6.39. The van der Waals surface area contributed by atoms with Gasteiger partial charge >= 0.3 is 0 Å². The maximum absolute atomic E-state index is 12.9. The van der Waals surface area contributed by atoms with Gasteiger partial charge < -0.3 is 24.7 Å². The zero-order valence-corrected chi connectivity index (χ0v) is 14.4. The van der Waals surface area contributed by atoms with Crippen LogP contribution in [0.25, 0.3) is 0 Å². The number of imidazole rings is 1.